The number of amides is 1. The molecule has 2 heterocycles. The van der Waals surface area contributed by atoms with Crippen molar-refractivity contribution in [1.29, 1.82) is 0 Å². The number of carbonyl (C=O) groups is 1. The fourth-order valence-electron chi connectivity index (χ4n) is 2.77. The van der Waals surface area contributed by atoms with Gasteiger partial charge in [-0.3, -0.25) is 9.48 Å². The Morgan fingerprint density at radius 1 is 1.30 bits per heavy atom. The highest BCUT2D eigenvalue weighted by Gasteiger charge is 2.14. The first-order valence-electron chi connectivity index (χ1n) is 8.38. The van der Waals surface area contributed by atoms with Gasteiger partial charge in [0.15, 0.2) is 5.58 Å². The molecule has 4 aromatic rings. The van der Waals surface area contributed by atoms with Crippen molar-refractivity contribution >= 4 is 17.0 Å². The van der Waals surface area contributed by atoms with Crippen LogP contribution in [0.4, 0.5) is 4.39 Å². The molecule has 0 fully saturated rings. The number of hydrogen-bond donors (Lipinski definition) is 1. The van der Waals surface area contributed by atoms with E-state index in [1.807, 2.05) is 6.92 Å². The van der Waals surface area contributed by atoms with Gasteiger partial charge in [0.05, 0.1) is 6.54 Å². The van der Waals surface area contributed by atoms with Crippen LogP contribution >= 0.6 is 0 Å². The first-order chi connectivity index (χ1) is 13.1. The Kier molecular flexibility index (Phi) is 4.37. The van der Waals surface area contributed by atoms with Gasteiger partial charge in [-0.25, -0.2) is 14.4 Å². The van der Waals surface area contributed by atoms with Gasteiger partial charge in [-0.15, -0.1) is 0 Å². The minimum atomic E-state index is -0.365. The lowest BCUT2D eigenvalue weighted by atomic mass is 10.2. The number of nitrogens with zero attached hydrogens (tertiary/aromatic N) is 4. The first-order valence-corrected chi connectivity index (χ1v) is 8.38. The molecule has 0 aliphatic rings. The lowest BCUT2D eigenvalue weighted by Crippen LogP contribution is -2.35. The number of aromatic nitrogens is 4. The lowest BCUT2D eigenvalue weighted by Gasteiger charge is -2.13. The van der Waals surface area contributed by atoms with Gasteiger partial charge in [0.2, 0.25) is 5.89 Å². The fraction of sp³-hybridized carbons (Fsp3) is 0.158. The van der Waals surface area contributed by atoms with Crippen LogP contribution in [-0.2, 0) is 6.54 Å². The summed E-state index contributed by atoms with van der Waals surface area (Å²) in [6.07, 6.45) is 3.04. The minimum absolute atomic E-state index is 0.130. The Morgan fingerprint density at radius 3 is 2.96 bits per heavy atom. The van der Waals surface area contributed by atoms with Gasteiger partial charge in [-0.2, -0.15) is 5.10 Å². The number of oxazole rings is 1. The molecule has 136 valence electrons. The van der Waals surface area contributed by atoms with Gasteiger partial charge in [0.25, 0.3) is 5.91 Å². The highest BCUT2D eigenvalue weighted by Crippen LogP contribution is 2.25. The van der Waals surface area contributed by atoms with E-state index in [2.05, 4.69) is 20.4 Å². The van der Waals surface area contributed by atoms with Gasteiger partial charge in [-0.05, 0) is 43.3 Å². The zero-order valence-electron chi connectivity index (χ0n) is 14.5. The number of rotatable bonds is 5. The summed E-state index contributed by atoms with van der Waals surface area (Å²) in [6, 6.07) is 10.9. The topological polar surface area (TPSA) is 85.8 Å². The molecule has 8 heteroatoms. The standard InChI is InChI=1S/C19H16FN5O2/c1-12(9-25-11-21-10-22-25)23-18(26)13-5-6-17-16(8-13)24-19(27-17)14-3-2-4-15(20)7-14/h2-8,10-12H,9H2,1H3,(H,23,26)/t12-/m1/s1. The van der Waals surface area contributed by atoms with Crippen molar-refractivity contribution in [3.63, 3.8) is 0 Å². The number of fused-ring (bicyclic) bond motifs is 1. The average molecular weight is 365 g/mol. The highest BCUT2D eigenvalue weighted by molar-refractivity contribution is 5.97. The number of benzene rings is 2. The van der Waals surface area contributed by atoms with Crippen molar-refractivity contribution in [3.05, 3.63) is 66.5 Å². The SMILES string of the molecule is C[C@H](Cn1cncn1)NC(=O)c1ccc2oc(-c3cccc(F)c3)nc2c1. The third-order valence-electron chi connectivity index (χ3n) is 4.03. The van der Waals surface area contributed by atoms with Crippen molar-refractivity contribution in [2.24, 2.45) is 0 Å². The fourth-order valence-corrected chi connectivity index (χ4v) is 2.77. The maximum absolute atomic E-state index is 13.4. The molecule has 0 saturated heterocycles. The Labute approximate surface area is 153 Å². The van der Waals surface area contributed by atoms with Crippen LogP contribution in [-0.4, -0.2) is 31.7 Å². The molecule has 0 radical (unpaired) electrons. The molecule has 1 N–H and O–H groups in total. The third kappa shape index (κ3) is 3.69. The van der Waals surface area contributed by atoms with Crippen molar-refractivity contribution in [2.75, 3.05) is 0 Å². The summed E-state index contributed by atoms with van der Waals surface area (Å²) < 4.78 is 20.7. The van der Waals surface area contributed by atoms with E-state index in [0.29, 0.717) is 34.7 Å². The van der Waals surface area contributed by atoms with Gasteiger partial charge >= 0.3 is 0 Å². The van der Waals surface area contributed by atoms with E-state index in [4.69, 9.17) is 4.42 Å². The van der Waals surface area contributed by atoms with E-state index in [1.165, 1.54) is 18.5 Å². The van der Waals surface area contributed by atoms with Crippen molar-refractivity contribution < 1.29 is 13.6 Å². The zero-order chi connectivity index (χ0) is 18.8. The van der Waals surface area contributed by atoms with Gasteiger partial charge in [0, 0.05) is 17.2 Å². The normalized spacial score (nSPS) is 12.2. The smallest absolute Gasteiger partial charge is 0.251 e. The summed E-state index contributed by atoms with van der Waals surface area (Å²) in [5.41, 5.74) is 2.07. The van der Waals surface area contributed by atoms with Crippen LogP contribution in [0.15, 0.2) is 59.5 Å². The van der Waals surface area contributed by atoms with E-state index in [0.717, 1.165) is 0 Å². The molecule has 2 aromatic carbocycles. The van der Waals surface area contributed by atoms with Crippen molar-refractivity contribution in [1.82, 2.24) is 25.1 Å². The van der Waals surface area contributed by atoms with Crippen LogP contribution in [0.2, 0.25) is 0 Å². The quantitative estimate of drug-likeness (QED) is 0.587. The summed E-state index contributed by atoms with van der Waals surface area (Å²) in [5, 5.41) is 6.93. The van der Waals surface area contributed by atoms with Crippen LogP contribution < -0.4 is 5.32 Å². The van der Waals surface area contributed by atoms with Gasteiger partial charge in [-0.1, -0.05) is 6.07 Å². The molecule has 0 aliphatic carbocycles. The van der Waals surface area contributed by atoms with E-state index in [-0.39, 0.29) is 17.8 Å². The number of halogens is 1. The second-order valence-corrected chi connectivity index (χ2v) is 6.20. The van der Waals surface area contributed by atoms with Crippen LogP contribution in [0.25, 0.3) is 22.6 Å². The van der Waals surface area contributed by atoms with E-state index < -0.39 is 0 Å². The maximum Gasteiger partial charge on any atom is 0.251 e. The molecular weight excluding hydrogens is 349 g/mol. The van der Waals surface area contributed by atoms with Crippen molar-refractivity contribution in [3.8, 4) is 11.5 Å². The second-order valence-electron chi connectivity index (χ2n) is 6.20. The molecule has 27 heavy (non-hydrogen) atoms. The van der Waals surface area contributed by atoms with E-state index in [1.54, 1.807) is 41.3 Å². The molecule has 0 spiro atoms. The molecular formula is C19H16FN5O2. The molecule has 1 amide bonds. The molecule has 7 nitrogen and oxygen atoms in total. The van der Waals surface area contributed by atoms with Gasteiger partial charge in [0.1, 0.15) is 24.0 Å². The van der Waals surface area contributed by atoms with Crippen LogP contribution in [0.1, 0.15) is 17.3 Å². The van der Waals surface area contributed by atoms with Crippen LogP contribution in [0, 0.1) is 5.82 Å². The van der Waals surface area contributed by atoms with Crippen molar-refractivity contribution in [2.45, 2.75) is 19.5 Å². The summed E-state index contributed by atoms with van der Waals surface area (Å²) in [6.45, 7) is 2.40. The molecule has 2 aromatic heterocycles. The Morgan fingerprint density at radius 2 is 2.19 bits per heavy atom. The van der Waals surface area contributed by atoms with Gasteiger partial charge < -0.3 is 9.73 Å². The molecule has 1 atom stereocenters. The largest absolute Gasteiger partial charge is 0.436 e. The Hall–Kier alpha value is -3.55. The summed E-state index contributed by atoms with van der Waals surface area (Å²) in [7, 11) is 0. The van der Waals surface area contributed by atoms with E-state index >= 15 is 0 Å². The van der Waals surface area contributed by atoms with Crippen LogP contribution in [0.3, 0.4) is 0 Å². The number of carbonyl (C=O) groups excluding carboxylic acids is 1. The molecule has 0 bridgehead atoms. The Bertz CT molecular complexity index is 1090. The molecule has 4 rings (SSSR count). The van der Waals surface area contributed by atoms with Crippen LogP contribution in [0.5, 0.6) is 0 Å². The maximum atomic E-state index is 13.4. The minimum Gasteiger partial charge on any atom is -0.436 e. The predicted molar refractivity (Wildman–Crippen MR) is 96.4 cm³/mol. The molecule has 0 saturated carbocycles. The monoisotopic (exact) mass is 365 g/mol. The lowest BCUT2D eigenvalue weighted by molar-refractivity contribution is 0.0936. The average Bonchev–Trinajstić information content (AvgIpc) is 3.30. The Balaban J connectivity index is 1.53. The summed E-state index contributed by atoms with van der Waals surface area (Å²) in [5.74, 6) is -0.280. The molecule has 0 aliphatic heterocycles. The second kappa shape index (κ2) is 6.99. The summed E-state index contributed by atoms with van der Waals surface area (Å²) in [4.78, 5) is 20.7. The highest BCUT2D eigenvalue weighted by atomic mass is 19.1. The predicted octanol–water partition coefficient (Wildman–Crippen LogP) is 3.04. The molecule has 0 unspecified atom stereocenters. The third-order valence-corrected chi connectivity index (χ3v) is 4.03. The zero-order valence-corrected chi connectivity index (χ0v) is 14.5. The number of hydrogen-bond acceptors (Lipinski definition) is 5. The summed E-state index contributed by atoms with van der Waals surface area (Å²) >= 11 is 0. The number of nitrogens with one attached hydrogen (secondary N) is 1. The van der Waals surface area contributed by atoms with E-state index in [9.17, 15) is 9.18 Å². The first kappa shape index (κ1) is 16.9.